The van der Waals surface area contributed by atoms with E-state index >= 15 is 0 Å². The molecule has 5 heteroatoms. The minimum Gasteiger partial charge on any atom is -0.508 e. The maximum atomic E-state index is 11.9. The van der Waals surface area contributed by atoms with E-state index in [4.69, 9.17) is 11.6 Å². The van der Waals surface area contributed by atoms with Gasteiger partial charge in [0.2, 0.25) is 0 Å². The van der Waals surface area contributed by atoms with Crippen molar-refractivity contribution in [3.8, 4) is 5.75 Å². The van der Waals surface area contributed by atoms with Gasteiger partial charge in [-0.3, -0.25) is 4.57 Å². The highest BCUT2D eigenvalue weighted by Crippen LogP contribution is 2.20. The zero-order valence-corrected chi connectivity index (χ0v) is 10.7. The van der Waals surface area contributed by atoms with Crippen LogP contribution < -0.4 is 5.69 Å². The van der Waals surface area contributed by atoms with Crippen LogP contribution in [0.1, 0.15) is 5.56 Å². The number of aromatic nitrogens is 2. The van der Waals surface area contributed by atoms with Crippen molar-refractivity contribution >= 4 is 22.6 Å². The van der Waals surface area contributed by atoms with Crippen molar-refractivity contribution < 1.29 is 5.11 Å². The number of aromatic hydroxyl groups is 1. The first-order chi connectivity index (χ1) is 9.15. The number of nitrogens with zero attached hydrogens (tertiary/aromatic N) is 1. The third kappa shape index (κ3) is 2.11. The Morgan fingerprint density at radius 2 is 2.00 bits per heavy atom. The summed E-state index contributed by atoms with van der Waals surface area (Å²) in [6, 6.07) is 12.1. The predicted octanol–water partition coefficient (Wildman–Crippen LogP) is 2.74. The van der Waals surface area contributed by atoms with E-state index in [0.29, 0.717) is 22.6 Å². The van der Waals surface area contributed by atoms with E-state index in [1.807, 2.05) is 18.2 Å². The first kappa shape index (κ1) is 11.9. The summed E-state index contributed by atoms with van der Waals surface area (Å²) in [5, 5.41) is 10.1. The van der Waals surface area contributed by atoms with Gasteiger partial charge in [-0.1, -0.05) is 29.8 Å². The zero-order valence-electron chi connectivity index (χ0n) is 9.93. The molecule has 0 saturated heterocycles. The van der Waals surface area contributed by atoms with Gasteiger partial charge in [-0.2, -0.15) is 0 Å². The monoisotopic (exact) mass is 274 g/mol. The molecule has 1 aromatic heterocycles. The number of hydrogen-bond acceptors (Lipinski definition) is 2. The molecule has 96 valence electrons. The average Bonchev–Trinajstić information content (AvgIpc) is 2.69. The van der Waals surface area contributed by atoms with E-state index in [-0.39, 0.29) is 11.4 Å². The molecule has 2 N–H and O–H groups in total. The van der Waals surface area contributed by atoms with Gasteiger partial charge in [-0.15, -0.1) is 0 Å². The Balaban J connectivity index is 2.15. The summed E-state index contributed by atoms with van der Waals surface area (Å²) in [7, 11) is 0. The van der Waals surface area contributed by atoms with Crippen LogP contribution in [0.5, 0.6) is 5.75 Å². The van der Waals surface area contributed by atoms with Gasteiger partial charge in [0.25, 0.3) is 0 Å². The Labute approximate surface area is 113 Å². The number of H-pyrrole nitrogens is 1. The molecule has 0 radical (unpaired) electrons. The third-order valence-electron chi connectivity index (χ3n) is 3.05. The molecule has 4 nitrogen and oxygen atoms in total. The highest BCUT2D eigenvalue weighted by Gasteiger charge is 2.09. The van der Waals surface area contributed by atoms with Crippen LogP contribution in [-0.2, 0) is 6.54 Å². The summed E-state index contributed by atoms with van der Waals surface area (Å²) in [4.78, 5) is 14.7. The van der Waals surface area contributed by atoms with Crippen LogP contribution in [0.15, 0.2) is 47.3 Å². The largest absolute Gasteiger partial charge is 0.508 e. The van der Waals surface area contributed by atoms with Crippen LogP contribution in [0, 0.1) is 0 Å². The minimum absolute atomic E-state index is 0.124. The molecule has 0 atom stereocenters. The minimum atomic E-state index is -0.222. The second kappa shape index (κ2) is 4.48. The van der Waals surface area contributed by atoms with Crippen molar-refractivity contribution in [3.05, 3.63) is 63.5 Å². The van der Waals surface area contributed by atoms with Gasteiger partial charge in [-0.05, 0) is 23.8 Å². The predicted molar refractivity (Wildman–Crippen MR) is 74.8 cm³/mol. The van der Waals surface area contributed by atoms with Gasteiger partial charge in [0.05, 0.1) is 17.6 Å². The van der Waals surface area contributed by atoms with Crippen molar-refractivity contribution in [3.63, 3.8) is 0 Å². The number of nitrogens with one attached hydrogen (secondary N) is 1. The Hall–Kier alpha value is -2.20. The van der Waals surface area contributed by atoms with Gasteiger partial charge in [-0.25, -0.2) is 4.79 Å². The summed E-state index contributed by atoms with van der Waals surface area (Å²) in [6.07, 6.45) is 0. The standard InChI is InChI=1S/C14H11ClN2O2/c15-11-4-2-1-3-9(11)8-17-13-7-10(18)5-6-12(13)16-14(17)19/h1-7,18H,8H2,(H,16,19). The molecule has 0 aliphatic heterocycles. The molecule has 3 rings (SSSR count). The van der Waals surface area contributed by atoms with Crippen molar-refractivity contribution in [2.45, 2.75) is 6.54 Å². The molecular formula is C14H11ClN2O2. The van der Waals surface area contributed by atoms with Crippen molar-refractivity contribution in [2.24, 2.45) is 0 Å². The highest BCUT2D eigenvalue weighted by molar-refractivity contribution is 6.31. The average molecular weight is 275 g/mol. The number of aromatic amines is 1. The number of hydrogen-bond donors (Lipinski definition) is 2. The smallest absolute Gasteiger partial charge is 0.326 e. The first-order valence-corrected chi connectivity index (χ1v) is 6.18. The Morgan fingerprint density at radius 1 is 1.21 bits per heavy atom. The molecule has 2 aromatic carbocycles. The maximum Gasteiger partial charge on any atom is 0.326 e. The number of rotatable bonds is 2. The van der Waals surface area contributed by atoms with E-state index in [9.17, 15) is 9.90 Å². The summed E-state index contributed by atoms with van der Waals surface area (Å²) in [6.45, 7) is 0.363. The van der Waals surface area contributed by atoms with E-state index in [1.54, 1.807) is 22.8 Å². The summed E-state index contributed by atoms with van der Waals surface area (Å²) in [5.74, 6) is 0.124. The molecule has 0 unspecified atom stereocenters. The van der Waals surface area contributed by atoms with Crippen LogP contribution in [0.25, 0.3) is 11.0 Å². The van der Waals surface area contributed by atoms with E-state index in [0.717, 1.165) is 5.56 Å². The maximum absolute atomic E-state index is 11.9. The van der Waals surface area contributed by atoms with Crippen molar-refractivity contribution in [2.75, 3.05) is 0 Å². The lowest BCUT2D eigenvalue weighted by atomic mass is 10.2. The molecule has 0 amide bonds. The van der Waals surface area contributed by atoms with Crippen molar-refractivity contribution in [1.82, 2.24) is 9.55 Å². The number of fused-ring (bicyclic) bond motifs is 1. The van der Waals surface area contributed by atoms with E-state index in [2.05, 4.69) is 4.98 Å². The molecular weight excluding hydrogens is 264 g/mol. The van der Waals surface area contributed by atoms with Crippen LogP contribution in [0.3, 0.4) is 0 Å². The van der Waals surface area contributed by atoms with Crippen LogP contribution in [0.2, 0.25) is 5.02 Å². The molecule has 0 spiro atoms. The number of benzene rings is 2. The number of halogens is 1. The molecule has 0 fully saturated rings. The van der Waals surface area contributed by atoms with E-state index in [1.165, 1.54) is 6.07 Å². The SMILES string of the molecule is O=c1[nH]c2ccc(O)cc2n1Cc1ccccc1Cl. The Kier molecular flexibility index (Phi) is 2.80. The van der Waals surface area contributed by atoms with Crippen LogP contribution in [-0.4, -0.2) is 14.7 Å². The number of imidazole rings is 1. The van der Waals surface area contributed by atoms with Gasteiger partial charge in [0.1, 0.15) is 5.75 Å². The molecule has 0 aliphatic carbocycles. The van der Waals surface area contributed by atoms with Gasteiger partial charge in [0.15, 0.2) is 0 Å². The Morgan fingerprint density at radius 3 is 2.79 bits per heavy atom. The molecule has 1 heterocycles. The highest BCUT2D eigenvalue weighted by atomic mass is 35.5. The second-order valence-corrected chi connectivity index (χ2v) is 4.72. The van der Waals surface area contributed by atoms with Crippen molar-refractivity contribution in [1.29, 1.82) is 0 Å². The lowest BCUT2D eigenvalue weighted by Gasteiger charge is -2.05. The fraction of sp³-hybridized carbons (Fsp3) is 0.0714. The fourth-order valence-corrected chi connectivity index (χ4v) is 2.29. The molecule has 19 heavy (non-hydrogen) atoms. The molecule has 0 saturated carbocycles. The molecule has 3 aromatic rings. The summed E-state index contributed by atoms with van der Waals surface area (Å²) in [5.41, 5.74) is 1.98. The van der Waals surface area contributed by atoms with E-state index < -0.39 is 0 Å². The number of phenols is 1. The topological polar surface area (TPSA) is 58.0 Å². The normalized spacial score (nSPS) is 11.0. The van der Waals surface area contributed by atoms with Gasteiger partial charge in [0, 0.05) is 11.1 Å². The fourth-order valence-electron chi connectivity index (χ4n) is 2.10. The van der Waals surface area contributed by atoms with Crippen LogP contribution >= 0.6 is 11.6 Å². The molecule has 0 aliphatic rings. The van der Waals surface area contributed by atoms with Crippen LogP contribution in [0.4, 0.5) is 0 Å². The Bertz CT molecular complexity index is 805. The second-order valence-electron chi connectivity index (χ2n) is 4.31. The third-order valence-corrected chi connectivity index (χ3v) is 3.41. The van der Waals surface area contributed by atoms with Gasteiger partial charge < -0.3 is 10.1 Å². The quantitative estimate of drug-likeness (QED) is 0.755. The first-order valence-electron chi connectivity index (χ1n) is 5.80. The molecule has 0 bridgehead atoms. The summed E-state index contributed by atoms with van der Waals surface area (Å²) >= 11 is 6.10. The lowest BCUT2D eigenvalue weighted by Crippen LogP contribution is -2.17. The van der Waals surface area contributed by atoms with Gasteiger partial charge >= 0.3 is 5.69 Å². The summed E-state index contributed by atoms with van der Waals surface area (Å²) < 4.78 is 1.55. The lowest BCUT2D eigenvalue weighted by molar-refractivity contribution is 0.476. The zero-order chi connectivity index (χ0) is 13.4. The number of phenolic OH excluding ortho intramolecular Hbond substituents is 1.